The van der Waals surface area contributed by atoms with E-state index in [-0.39, 0.29) is 39.8 Å². The van der Waals surface area contributed by atoms with E-state index in [4.69, 9.17) is 0 Å². The molecule has 0 amide bonds. The van der Waals surface area contributed by atoms with Crippen LogP contribution in [0.4, 0.5) is 0 Å². The van der Waals surface area contributed by atoms with E-state index in [1.807, 2.05) is 0 Å². The molecule has 1 unspecified atom stereocenters. The molecule has 0 heterocycles. The van der Waals surface area contributed by atoms with Crippen molar-refractivity contribution >= 4 is 23.1 Å². The molecular weight excluding hydrogens is 352 g/mol. The fourth-order valence-electron chi connectivity index (χ4n) is 3.85. The summed E-state index contributed by atoms with van der Waals surface area (Å²) >= 11 is 0. The van der Waals surface area contributed by atoms with Gasteiger partial charge in [-0.1, -0.05) is 12.1 Å². The molecule has 0 aliphatic heterocycles. The second kappa shape index (κ2) is 5.34. The number of benzene rings is 2. The lowest BCUT2D eigenvalue weighted by molar-refractivity contribution is -0.135. The Hall–Kier alpha value is -3.32. The van der Waals surface area contributed by atoms with E-state index in [1.165, 1.54) is 18.2 Å². The SMILES string of the molecule is CC(=O)C1(O)CC(=O)c2c(cc(O)c3c2C(=O)c2cccc(O)c2C3=O)C1. The zero-order chi connectivity index (χ0) is 19.7. The van der Waals surface area contributed by atoms with Crippen LogP contribution >= 0.6 is 0 Å². The van der Waals surface area contributed by atoms with Gasteiger partial charge in [-0.05, 0) is 24.6 Å². The summed E-state index contributed by atoms with van der Waals surface area (Å²) in [7, 11) is 0. The number of phenols is 2. The molecule has 2 aliphatic rings. The van der Waals surface area contributed by atoms with Gasteiger partial charge in [0.05, 0.1) is 11.1 Å². The van der Waals surface area contributed by atoms with E-state index in [0.29, 0.717) is 0 Å². The number of rotatable bonds is 1. The van der Waals surface area contributed by atoms with Crippen molar-refractivity contribution < 1.29 is 34.5 Å². The molecule has 7 nitrogen and oxygen atoms in total. The number of aromatic hydroxyl groups is 2. The predicted molar refractivity (Wildman–Crippen MR) is 91.4 cm³/mol. The summed E-state index contributed by atoms with van der Waals surface area (Å²) in [5, 5.41) is 30.8. The first-order valence-electron chi connectivity index (χ1n) is 8.22. The molecule has 27 heavy (non-hydrogen) atoms. The number of fused-ring (bicyclic) bond motifs is 4. The average molecular weight is 366 g/mol. The molecule has 0 bridgehead atoms. The van der Waals surface area contributed by atoms with Gasteiger partial charge in [-0.3, -0.25) is 19.2 Å². The maximum atomic E-state index is 13.0. The first kappa shape index (κ1) is 17.1. The lowest BCUT2D eigenvalue weighted by Crippen LogP contribution is -2.45. The van der Waals surface area contributed by atoms with Crippen LogP contribution in [0.2, 0.25) is 0 Å². The lowest BCUT2D eigenvalue weighted by atomic mass is 9.71. The maximum absolute atomic E-state index is 13.0. The van der Waals surface area contributed by atoms with Crippen LogP contribution in [0.15, 0.2) is 24.3 Å². The lowest BCUT2D eigenvalue weighted by Gasteiger charge is -2.32. The van der Waals surface area contributed by atoms with Crippen molar-refractivity contribution in [2.45, 2.75) is 25.4 Å². The molecule has 0 saturated carbocycles. The van der Waals surface area contributed by atoms with Gasteiger partial charge >= 0.3 is 0 Å². The fraction of sp³-hybridized carbons (Fsp3) is 0.200. The van der Waals surface area contributed by atoms with Crippen LogP contribution in [0.3, 0.4) is 0 Å². The van der Waals surface area contributed by atoms with E-state index in [1.54, 1.807) is 0 Å². The highest BCUT2D eigenvalue weighted by Crippen LogP contribution is 2.42. The number of ketones is 4. The van der Waals surface area contributed by atoms with Gasteiger partial charge in [0.15, 0.2) is 17.3 Å². The molecule has 0 aromatic heterocycles. The minimum atomic E-state index is -1.91. The van der Waals surface area contributed by atoms with Crippen LogP contribution in [-0.2, 0) is 11.2 Å². The molecule has 0 radical (unpaired) electrons. The average Bonchev–Trinajstić information content (AvgIpc) is 2.58. The molecule has 4 rings (SSSR count). The molecule has 0 spiro atoms. The van der Waals surface area contributed by atoms with Crippen LogP contribution in [0.25, 0.3) is 0 Å². The normalized spacial score (nSPS) is 20.7. The monoisotopic (exact) mass is 366 g/mol. The number of Topliss-reactive ketones (excluding diaryl/α,β-unsaturated/α-hetero) is 2. The van der Waals surface area contributed by atoms with Crippen molar-refractivity contribution in [1.82, 2.24) is 0 Å². The van der Waals surface area contributed by atoms with Crippen molar-refractivity contribution in [3.05, 3.63) is 57.6 Å². The van der Waals surface area contributed by atoms with E-state index >= 15 is 0 Å². The third kappa shape index (κ3) is 2.18. The maximum Gasteiger partial charge on any atom is 0.201 e. The summed E-state index contributed by atoms with van der Waals surface area (Å²) in [6.07, 6.45) is -0.764. The van der Waals surface area contributed by atoms with Gasteiger partial charge in [-0.25, -0.2) is 0 Å². The van der Waals surface area contributed by atoms with Gasteiger partial charge in [-0.2, -0.15) is 0 Å². The van der Waals surface area contributed by atoms with Crippen LogP contribution in [0, 0.1) is 0 Å². The number of carbonyl (C=O) groups is 4. The highest BCUT2D eigenvalue weighted by molar-refractivity contribution is 6.33. The van der Waals surface area contributed by atoms with Crippen molar-refractivity contribution in [2.24, 2.45) is 0 Å². The Kier molecular flexibility index (Phi) is 3.38. The molecule has 2 aromatic rings. The second-order valence-corrected chi connectivity index (χ2v) is 6.90. The Bertz CT molecular complexity index is 1100. The molecule has 0 saturated heterocycles. The Morgan fingerprint density at radius 1 is 0.926 bits per heavy atom. The second-order valence-electron chi connectivity index (χ2n) is 6.90. The van der Waals surface area contributed by atoms with E-state index in [9.17, 15) is 34.5 Å². The van der Waals surface area contributed by atoms with Crippen LogP contribution in [-0.4, -0.2) is 44.1 Å². The van der Waals surface area contributed by atoms with Crippen LogP contribution < -0.4 is 0 Å². The Labute approximate surface area is 152 Å². The molecular formula is C20H14O7. The minimum Gasteiger partial charge on any atom is -0.507 e. The summed E-state index contributed by atoms with van der Waals surface area (Å²) in [6, 6.07) is 5.13. The third-order valence-electron chi connectivity index (χ3n) is 5.23. The standard InChI is InChI=1S/C20H14O7/c1-8(21)20(27)6-9-5-12(23)16-17(14(9)13(24)7-20)18(25)10-3-2-4-11(22)15(10)19(16)26/h2-5,22-23,27H,6-7H2,1H3. The zero-order valence-corrected chi connectivity index (χ0v) is 14.2. The van der Waals surface area contributed by atoms with Gasteiger partial charge in [0.1, 0.15) is 17.1 Å². The fourth-order valence-corrected chi connectivity index (χ4v) is 3.85. The zero-order valence-electron chi connectivity index (χ0n) is 14.2. The quantitative estimate of drug-likeness (QED) is 0.592. The number of hydrogen-bond acceptors (Lipinski definition) is 7. The number of phenolic OH excluding ortho intramolecular Hbond substituents is 2. The van der Waals surface area contributed by atoms with Gasteiger partial charge in [-0.15, -0.1) is 0 Å². The largest absolute Gasteiger partial charge is 0.507 e. The predicted octanol–water partition coefficient (Wildman–Crippen LogP) is 1.32. The van der Waals surface area contributed by atoms with Crippen LogP contribution in [0.5, 0.6) is 11.5 Å². The van der Waals surface area contributed by atoms with Gasteiger partial charge in [0.25, 0.3) is 0 Å². The van der Waals surface area contributed by atoms with Gasteiger partial charge in [0, 0.05) is 29.5 Å². The molecule has 2 aromatic carbocycles. The van der Waals surface area contributed by atoms with Crippen LogP contribution in [0.1, 0.15) is 61.1 Å². The van der Waals surface area contributed by atoms with E-state index in [2.05, 4.69) is 0 Å². The Morgan fingerprint density at radius 3 is 2.30 bits per heavy atom. The summed E-state index contributed by atoms with van der Waals surface area (Å²) in [4.78, 5) is 50.3. The van der Waals surface area contributed by atoms with Crippen molar-refractivity contribution in [3.8, 4) is 11.5 Å². The molecule has 7 heteroatoms. The summed E-state index contributed by atoms with van der Waals surface area (Å²) in [6.45, 7) is 1.16. The number of carbonyl (C=O) groups excluding carboxylic acids is 4. The van der Waals surface area contributed by atoms with Crippen molar-refractivity contribution in [3.63, 3.8) is 0 Å². The van der Waals surface area contributed by atoms with E-state index < -0.39 is 46.7 Å². The van der Waals surface area contributed by atoms with Gasteiger partial charge < -0.3 is 15.3 Å². The highest BCUT2D eigenvalue weighted by Gasteiger charge is 2.45. The molecule has 1 atom stereocenters. The summed E-state index contributed by atoms with van der Waals surface area (Å²) in [5.74, 6) is -3.64. The highest BCUT2D eigenvalue weighted by atomic mass is 16.3. The molecule has 136 valence electrons. The molecule has 2 aliphatic carbocycles. The van der Waals surface area contributed by atoms with Crippen molar-refractivity contribution in [2.75, 3.05) is 0 Å². The topological polar surface area (TPSA) is 129 Å². The summed E-state index contributed by atoms with van der Waals surface area (Å²) < 4.78 is 0. The van der Waals surface area contributed by atoms with E-state index in [0.717, 1.165) is 13.0 Å². The molecule has 0 fully saturated rings. The molecule has 3 N–H and O–H groups in total. The number of hydrogen-bond donors (Lipinski definition) is 3. The first-order valence-corrected chi connectivity index (χ1v) is 8.22. The first-order chi connectivity index (χ1) is 12.7. The third-order valence-corrected chi connectivity index (χ3v) is 5.23. The minimum absolute atomic E-state index is 0.0685. The van der Waals surface area contributed by atoms with Gasteiger partial charge in [0.2, 0.25) is 5.78 Å². The number of aliphatic hydroxyl groups is 1. The Balaban J connectivity index is 2.03. The smallest absolute Gasteiger partial charge is 0.201 e. The summed E-state index contributed by atoms with van der Waals surface area (Å²) in [5.41, 5.74) is -2.75. The van der Waals surface area contributed by atoms with Crippen molar-refractivity contribution in [1.29, 1.82) is 0 Å². The Morgan fingerprint density at radius 2 is 1.63 bits per heavy atom.